The van der Waals surface area contributed by atoms with Crippen LogP contribution in [0, 0.1) is 5.82 Å². The molecular weight excluding hydrogens is 367 g/mol. The summed E-state index contributed by atoms with van der Waals surface area (Å²) in [7, 11) is 1.58. The average molecular weight is 380 g/mol. The fraction of sp³-hybridized carbons (Fsp3) is 0.0500. The Hall–Kier alpha value is -3.19. The number of aromatic nitrogens is 1. The molecule has 1 aliphatic rings. The molecule has 7 heteroatoms. The van der Waals surface area contributed by atoms with Crippen LogP contribution in [0.3, 0.4) is 0 Å². The lowest BCUT2D eigenvalue weighted by atomic mass is 10.0. The summed E-state index contributed by atoms with van der Waals surface area (Å²) in [5.41, 5.74) is 2.66. The molecular formula is C20H13FN2O3S. The van der Waals surface area contributed by atoms with Crippen molar-refractivity contribution in [2.24, 2.45) is 0 Å². The number of fused-ring (bicyclic) bond motifs is 1. The van der Waals surface area contributed by atoms with E-state index in [9.17, 15) is 14.0 Å². The van der Waals surface area contributed by atoms with Crippen molar-refractivity contribution in [3.8, 4) is 16.9 Å². The normalized spacial score (nSPS) is 15.4. The zero-order chi connectivity index (χ0) is 19.0. The number of hydrogen-bond acceptors (Lipinski definition) is 5. The molecule has 0 radical (unpaired) electrons. The number of ether oxygens (including phenoxy) is 1. The van der Waals surface area contributed by atoms with Crippen molar-refractivity contribution < 1.29 is 18.7 Å². The van der Waals surface area contributed by atoms with Crippen molar-refractivity contribution in [2.45, 2.75) is 0 Å². The standard InChI is InChI=1S/C20H13FN2O3S/c1-26-14-5-2-11(3-6-14)15-9-12-8-13(21)4-7-16(12)22-17(15)10-18-19(24)23-20(25)27-18/h2-10H,1H3,(H,23,24,25)/b18-10-. The molecule has 0 bridgehead atoms. The van der Waals surface area contributed by atoms with Crippen molar-refractivity contribution in [1.29, 1.82) is 0 Å². The topological polar surface area (TPSA) is 68.3 Å². The minimum Gasteiger partial charge on any atom is -0.497 e. The van der Waals surface area contributed by atoms with Gasteiger partial charge in [-0.2, -0.15) is 0 Å². The number of carbonyl (C=O) groups excluding carboxylic acids is 2. The minimum atomic E-state index is -0.452. The molecule has 2 aromatic carbocycles. The predicted octanol–water partition coefficient (Wildman–Crippen LogP) is 4.37. The summed E-state index contributed by atoms with van der Waals surface area (Å²) in [5.74, 6) is -0.103. The molecule has 2 amide bonds. The van der Waals surface area contributed by atoms with Gasteiger partial charge in [-0.05, 0) is 59.8 Å². The van der Waals surface area contributed by atoms with E-state index in [2.05, 4.69) is 10.3 Å². The summed E-state index contributed by atoms with van der Waals surface area (Å²) in [4.78, 5) is 28.2. The Balaban J connectivity index is 1.91. The lowest BCUT2D eigenvalue weighted by Gasteiger charge is -2.10. The van der Waals surface area contributed by atoms with E-state index < -0.39 is 11.1 Å². The molecule has 1 aliphatic heterocycles. The van der Waals surface area contributed by atoms with Crippen molar-refractivity contribution in [3.63, 3.8) is 0 Å². The van der Waals surface area contributed by atoms with E-state index in [1.807, 2.05) is 30.3 Å². The second-order valence-electron chi connectivity index (χ2n) is 5.84. The first-order valence-electron chi connectivity index (χ1n) is 8.03. The number of thioether (sulfide) groups is 1. The van der Waals surface area contributed by atoms with Gasteiger partial charge in [0.15, 0.2) is 0 Å². The van der Waals surface area contributed by atoms with Gasteiger partial charge in [-0.15, -0.1) is 0 Å². The molecule has 4 rings (SSSR count). The monoisotopic (exact) mass is 380 g/mol. The maximum absolute atomic E-state index is 13.6. The van der Waals surface area contributed by atoms with Gasteiger partial charge in [-0.1, -0.05) is 12.1 Å². The molecule has 2 heterocycles. The van der Waals surface area contributed by atoms with Gasteiger partial charge in [0.05, 0.1) is 23.2 Å². The van der Waals surface area contributed by atoms with Gasteiger partial charge in [0, 0.05) is 10.9 Å². The number of amides is 2. The molecule has 1 aromatic heterocycles. The van der Waals surface area contributed by atoms with Gasteiger partial charge in [0.2, 0.25) is 0 Å². The van der Waals surface area contributed by atoms with Crippen molar-refractivity contribution >= 4 is 39.9 Å². The smallest absolute Gasteiger partial charge is 0.290 e. The van der Waals surface area contributed by atoms with E-state index in [0.29, 0.717) is 22.3 Å². The molecule has 1 fully saturated rings. The predicted molar refractivity (Wildman–Crippen MR) is 103 cm³/mol. The van der Waals surface area contributed by atoms with Gasteiger partial charge < -0.3 is 4.74 Å². The first-order chi connectivity index (χ1) is 13.0. The average Bonchev–Trinajstić information content (AvgIpc) is 2.98. The van der Waals surface area contributed by atoms with Crippen LogP contribution in [-0.2, 0) is 4.79 Å². The Kier molecular flexibility index (Phi) is 4.37. The highest BCUT2D eigenvalue weighted by atomic mass is 32.2. The van der Waals surface area contributed by atoms with Gasteiger partial charge in [0.1, 0.15) is 11.6 Å². The Labute approximate surface area is 158 Å². The SMILES string of the molecule is COc1ccc(-c2cc3cc(F)ccc3nc2/C=C2\SC(=O)NC2=O)cc1. The van der Waals surface area contributed by atoms with Crippen molar-refractivity contribution in [1.82, 2.24) is 10.3 Å². The fourth-order valence-corrected chi connectivity index (χ4v) is 3.48. The fourth-order valence-electron chi connectivity index (χ4n) is 2.82. The van der Waals surface area contributed by atoms with E-state index in [-0.39, 0.29) is 10.7 Å². The quantitative estimate of drug-likeness (QED) is 0.683. The highest BCUT2D eigenvalue weighted by Gasteiger charge is 2.25. The molecule has 3 aromatic rings. The third-order valence-electron chi connectivity index (χ3n) is 4.12. The summed E-state index contributed by atoms with van der Waals surface area (Å²) >= 11 is 0.828. The third kappa shape index (κ3) is 3.41. The second-order valence-corrected chi connectivity index (χ2v) is 6.85. The molecule has 5 nitrogen and oxygen atoms in total. The summed E-state index contributed by atoms with van der Waals surface area (Å²) in [6.45, 7) is 0. The summed E-state index contributed by atoms with van der Waals surface area (Å²) in [6, 6.07) is 13.5. The first-order valence-corrected chi connectivity index (χ1v) is 8.85. The summed E-state index contributed by atoms with van der Waals surface area (Å²) in [5, 5.41) is 2.45. The summed E-state index contributed by atoms with van der Waals surface area (Å²) < 4.78 is 18.8. The van der Waals surface area contributed by atoms with Gasteiger partial charge >= 0.3 is 0 Å². The van der Waals surface area contributed by atoms with E-state index in [1.54, 1.807) is 19.3 Å². The van der Waals surface area contributed by atoms with Crippen LogP contribution in [0.2, 0.25) is 0 Å². The Morgan fingerprint density at radius 1 is 1.11 bits per heavy atom. The van der Waals surface area contributed by atoms with Gasteiger partial charge in [-0.3, -0.25) is 14.9 Å². The zero-order valence-electron chi connectivity index (χ0n) is 14.2. The Morgan fingerprint density at radius 3 is 2.56 bits per heavy atom. The van der Waals surface area contributed by atoms with Crippen LogP contribution < -0.4 is 10.1 Å². The molecule has 0 spiro atoms. The van der Waals surface area contributed by atoms with Crippen LogP contribution in [0.1, 0.15) is 5.69 Å². The number of hydrogen-bond donors (Lipinski definition) is 1. The molecule has 0 atom stereocenters. The summed E-state index contributed by atoms with van der Waals surface area (Å²) in [6.07, 6.45) is 1.58. The lowest BCUT2D eigenvalue weighted by molar-refractivity contribution is -0.115. The lowest BCUT2D eigenvalue weighted by Crippen LogP contribution is -2.17. The Bertz CT molecular complexity index is 1110. The minimum absolute atomic E-state index is 0.267. The van der Waals surface area contributed by atoms with Crippen LogP contribution in [0.4, 0.5) is 9.18 Å². The molecule has 0 saturated carbocycles. The van der Waals surface area contributed by atoms with Crippen LogP contribution >= 0.6 is 11.8 Å². The van der Waals surface area contributed by atoms with Crippen LogP contribution in [0.5, 0.6) is 5.75 Å². The van der Waals surface area contributed by atoms with Crippen LogP contribution in [0.25, 0.3) is 28.1 Å². The third-order valence-corrected chi connectivity index (χ3v) is 4.93. The number of rotatable bonds is 3. The Morgan fingerprint density at radius 2 is 1.89 bits per heavy atom. The zero-order valence-corrected chi connectivity index (χ0v) is 15.0. The number of nitrogens with zero attached hydrogens (tertiary/aromatic N) is 1. The second kappa shape index (κ2) is 6.85. The molecule has 1 N–H and O–H groups in total. The highest BCUT2D eigenvalue weighted by Crippen LogP contribution is 2.32. The number of halogens is 1. The van der Waals surface area contributed by atoms with E-state index in [1.165, 1.54) is 12.1 Å². The maximum Gasteiger partial charge on any atom is 0.290 e. The number of carbonyl (C=O) groups is 2. The molecule has 134 valence electrons. The van der Waals surface area contributed by atoms with Crippen molar-refractivity contribution in [2.75, 3.05) is 7.11 Å². The maximum atomic E-state index is 13.6. The highest BCUT2D eigenvalue weighted by molar-refractivity contribution is 8.18. The molecule has 0 aliphatic carbocycles. The number of pyridine rings is 1. The van der Waals surface area contributed by atoms with Gasteiger partial charge in [-0.25, -0.2) is 9.37 Å². The number of benzene rings is 2. The first kappa shape index (κ1) is 17.2. The van der Waals surface area contributed by atoms with E-state index in [4.69, 9.17) is 4.74 Å². The van der Waals surface area contributed by atoms with E-state index >= 15 is 0 Å². The molecule has 1 saturated heterocycles. The number of methoxy groups -OCH3 is 1. The largest absolute Gasteiger partial charge is 0.497 e. The number of nitrogens with one attached hydrogen (secondary N) is 1. The van der Waals surface area contributed by atoms with Crippen LogP contribution in [0.15, 0.2) is 53.4 Å². The molecule has 0 unspecified atom stereocenters. The number of imide groups is 1. The van der Waals surface area contributed by atoms with Crippen LogP contribution in [-0.4, -0.2) is 23.2 Å². The van der Waals surface area contributed by atoms with Crippen molar-refractivity contribution in [3.05, 3.63) is 64.9 Å². The molecule has 27 heavy (non-hydrogen) atoms. The van der Waals surface area contributed by atoms with Gasteiger partial charge in [0.25, 0.3) is 11.1 Å². The van der Waals surface area contributed by atoms with E-state index in [0.717, 1.165) is 22.9 Å².